The molecule has 1 aliphatic heterocycles. The van der Waals surface area contributed by atoms with Gasteiger partial charge in [0, 0.05) is 20.3 Å². The smallest absolute Gasteiger partial charge is 0.246 e. The molecule has 0 bridgehead atoms. The predicted molar refractivity (Wildman–Crippen MR) is 43.9 cm³/mol. The lowest BCUT2D eigenvalue weighted by molar-refractivity contribution is -0.133. The van der Waals surface area contributed by atoms with Crippen molar-refractivity contribution in [3.8, 4) is 0 Å². The van der Waals surface area contributed by atoms with Crippen LogP contribution in [0.2, 0.25) is 0 Å². The minimum Gasteiger partial charge on any atom is -0.385 e. The zero-order chi connectivity index (χ0) is 8.81. The van der Waals surface area contributed by atoms with E-state index in [1.54, 1.807) is 7.11 Å². The van der Waals surface area contributed by atoms with E-state index in [0.717, 1.165) is 19.4 Å². The lowest BCUT2D eigenvalue weighted by Crippen LogP contribution is -2.42. The number of hydrogen-bond donors (Lipinski definition) is 1. The van der Waals surface area contributed by atoms with Crippen LogP contribution >= 0.6 is 0 Å². The number of methoxy groups -OCH3 is 1. The second-order valence-electron chi connectivity index (χ2n) is 2.87. The third-order valence-electron chi connectivity index (χ3n) is 1.85. The molecule has 4 nitrogen and oxygen atoms in total. The van der Waals surface area contributed by atoms with Gasteiger partial charge in [-0.1, -0.05) is 0 Å². The molecular weight excluding hydrogens is 158 g/mol. The van der Waals surface area contributed by atoms with Crippen LogP contribution in [0, 0.1) is 0 Å². The molecule has 1 fully saturated rings. The largest absolute Gasteiger partial charge is 0.385 e. The predicted octanol–water partition coefficient (Wildman–Crippen LogP) is -0.0720. The first-order valence-corrected chi connectivity index (χ1v) is 4.20. The van der Waals surface area contributed by atoms with E-state index in [-0.39, 0.29) is 18.6 Å². The summed E-state index contributed by atoms with van der Waals surface area (Å²) in [5.74, 6) is -0.0157. The number of rotatable bonds is 4. The highest BCUT2D eigenvalue weighted by Gasteiger charge is 2.17. The van der Waals surface area contributed by atoms with Crippen LogP contribution in [0.5, 0.6) is 0 Å². The Balaban J connectivity index is 2.05. The Bertz CT molecular complexity index is 139. The molecule has 0 radical (unpaired) electrons. The first-order chi connectivity index (χ1) is 5.83. The topological polar surface area (TPSA) is 47.6 Å². The summed E-state index contributed by atoms with van der Waals surface area (Å²) in [7, 11) is 1.68. The highest BCUT2D eigenvalue weighted by atomic mass is 16.5. The van der Waals surface area contributed by atoms with Crippen molar-refractivity contribution in [1.82, 2.24) is 5.32 Å². The van der Waals surface area contributed by atoms with Crippen molar-refractivity contribution in [2.75, 3.05) is 26.9 Å². The van der Waals surface area contributed by atoms with Gasteiger partial charge in [0.1, 0.15) is 6.61 Å². The van der Waals surface area contributed by atoms with E-state index >= 15 is 0 Å². The van der Waals surface area contributed by atoms with Gasteiger partial charge in [-0.3, -0.25) is 4.79 Å². The minimum atomic E-state index is -0.0157. The Morgan fingerprint density at radius 3 is 3.17 bits per heavy atom. The third-order valence-corrected chi connectivity index (χ3v) is 1.85. The number of morpholine rings is 1. The SMILES string of the molecule is COCCCC1CNC(=O)CO1. The van der Waals surface area contributed by atoms with Crippen molar-refractivity contribution in [1.29, 1.82) is 0 Å². The van der Waals surface area contributed by atoms with Crippen LogP contribution in [0.25, 0.3) is 0 Å². The van der Waals surface area contributed by atoms with E-state index in [2.05, 4.69) is 5.32 Å². The van der Waals surface area contributed by atoms with Crippen LogP contribution in [-0.2, 0) is 14.3 Å². The van der Waals surface area contributed by atoms with Gasteiger partial charge < -0.3 is 14.8 Å². The molecule has 1 N–H and O–H groups in total. The van der Waals surface area contributed by atoms with E-state index in [1.165, 1.54) is 0 Å². The molecule has 0 saturated carbocycles. The third kappa shape index (κ3) is 3.19. The number of hydrogen-bond acceptors (Lipinski definition) is 3. The van der Waals surface area contributed by atoms with Gasteiger partial charge >= 0.3 is 0 Å². The van der Waals surface area contributed by atoms with Crippen LogP contribution < -0.4 is 5.32 Å². The highest BCUT2D eigenvalue weighted by molar-refractivity contribution is 5.77. The first kappa shape index (κ1) is 9.48. The standard InChI is InChI=1S/C8H15NO3/c1-11-4-2-3-7-5-9-8(10)6-12-7/h7H,2-6H2,1H3,(H,9,10). The number of amides is 1. The number of ether oxygens (including phenoxy) is 2. The molecule has 4 heteroatoms. The molecule has 0 aromatic rings. The summed E-state index contributed by atoms with van der Waals surface area (Å²) >= 11 is 0. The monoisotopic (exact) mass is 173 g/mol. The van der Waals surface area contributed by atoms with Gasteiger partial charge in [-0.2, -0.15) is 0 Å². The zero-order valence-electron chi connectivity index (χ0n) is 7.34. The van der Waals surface area contributed by atoms with Gasteiger partial charge in [-0.05, 0) is 12.8 Å². The van der Waals surface area contributed by atoms with E-state index in [9.17, 15) is 4.79 Å². The van der Waals surface area contributed by atoms with Crippen molar-refractivity contribution >= 4 is 5.91 Å². The number of carbonyl (C=O) groups excluding carboxylic acids is 1. The van der Waals surface area contributed by atoms with Gasteiger partial charge in [0.25, 0.3) is 0 Å². The van der Waals surface area contributed by atoms with Gasteiger partial charge in [0.15, 0.2) is 0 Å². The quantitative estimate of drug-likeness (QED) is 0.605. The molecule has 1 aliphatic rings. The van der Waals surface area contributed by atoms with Crippen LogP contribution in [-0.4, -0.2) is 38.9 Å². The summed E-state index contributed by atoms with van der Waals surface area (Å²) < 4.78 is 10.2. The molecule has 1 rings (SSSR count). The molecule has 70 valence electrons. The summed E-state index contributed by atoms with van der Waals surface area (Å²) in [5.41, 5.74) is 0. The van der Waals surface area contributed by atoms with E-state index in [0.29, 0.717) is 6.54 Å². The van der Waals surface area contributed by atoms with Crippen LogP contribution in [0.3, 0.4) is 0 Å². The van der Waals surface area contributed by atoms with Gasteiger partial charge in [-0.25, -0.2) is 0 Å². The van der Waals surface area contributed by atoms with Crippen LogP contribution in [0.15, 0.2) is 0 Å². The lowest BCUT2D eigenvalue weighted by atomic mass is 10.2. The van der Waals surface area contributed by atoms with Gasteiger partial charge in [0.05, 0.1) is 6.10 Å². The number of nitrogens with one attached hydrogen (secondary N) is 1. The number of carbonyl (C=O) groups is 1. The summed E-state index contributed by atoms with van der Waals surface area (Å²) in [5, 5.41) is 2.75. The van der Waals surface area contributed by atoms with E-state index in [1.807, 2.05) is 0 Å². The fraction of sp³-hybridized carbons (Fsp3) is 0.875. The molecule has 0 aliphatic carbocycles. The fourth-order valence-electron chi connectivity index (χ4n) is 1.17. The molecule has 1 amide bonds. The van der Waals surface area contributed by atoms with Crippen molar-refractivity contribution in [2.24, 2.45) is 0 Å². The molecule has 12 heavy (non-hydrogen) atoms. The summed E-state index contributed by atoms with van der Waals surface area (Å²) in [6.07, 6.45) is 2.11. The molecule has 1 unspecified atom stereocenters. The van der Waals surface area contributed by atoms with E-state index < -0.39 is 0 Å². The van der Waals surface area contributed by atoms with Crippen LogP contribution in [0.1, 0.15) is 12.8 Å². The first-order valence-electron chi connectivity index (χ1n) is 4.20. The molecule has 0 aromatic carbocycles. The molecule has 0 aromatic heterocycles. The van der Waals surface area contributed by atoms with Crippen molar-refractivity contribution in [3.05, 3.63) is 0 Å². The molecule has 0 spiro atoms. The Kier molecular flexibility index (Phi) is 4.04. The normalized spacial score (nSPS) is 23.8. The van der Waals surface area contributed by atoms with Crippen molar-refractivity contribution in [3.63, 3.8) is 0 Å². The Morgan fingerprint density at radius 2 is 2.58 bits per heavy atom. The average Bonchev–Trinajstić information content (AvgIpc) is 2.09. The molecule has 1 heterocycles. The maximum Gasteiger partial charge on any atom is 0.246 e. The van der Waals surface area contributed by atoms with Gasteiger partial charge in [-0.15, -0.1) is 0 Å². The summed E-state index contributed by atoms with van der Waals surface area (Å²) in [6, 6.07) is 0. The maximum absolute atomic E-state index is 10.7. The molecular formula is C8H15NO3. The molecule has 1 saturated heterocycles. The van der Waals surface area contributed by atoms with E-state index in [4.69, 9.17) is 9.47 Å². The maximum atomic E-state index is 10.7. The Hall–Kier alpha value is -0.610. The highest BCUT2D eigenvalue weighted by Crippen LogP contribution is 2.04. The summed E-state index contributed by atoms with van der Waals surface area (Å²) in [6.45, 7) is 1.61. The van der Waals surface area contributed by atoms with Crippen molar-refractivity contribution in [2.45, 2.75) is 18.9 Å². The zero-order valence-corrected chi connectivity index (χ0v) is 7.34. The lowest BCUT2D eigenvalue weighted by Gasteiger charge is -2.22. The average molecular weight is 173 g/mol. The second kappa shape index (κ2) is 5.11. The second-order valence-corrected chi connectivity index (χ2v) is 2.87. The molecule has 1 atom stereocenters. The summed E-state index contributed by atoms with van der Waals surface area (Å²) in [4.78, 5) is 10.7. The van der Waals surface area contributed by atoms with Crippen LogP contribution in [0.4, 0.5) is 0 Å². The van der Waals surface area contributed by atoms with Crippen molar-refractivity contribution < 1.29 is 14.3 Å². The van der Waals surface area contributed by atoms with Gasteiger partial charge in [0.2, 0.25) is 5.91 Å². The fourth-order valence-corrected chi connectivity index (χ4v) is 1.17. The minimum absolute atomic E-state index is 0.0157. The Labute approximate surface area is 72.2 Å². The Morgan fingerprint density at radius 1 is 1.75 bits per heavy atom.